The van der Waals surface area contributed by atoms with Crippen LogP contribution in [0.1, 0.15) is 43.7 Å². The Kier molecular flexibility index (Phi) is 5.60. The summed E-state index contributed by atoms with van der Waals surface area (Å²) < 4.78 is 40.2. The first-order valence-corrected chi connectivity index (χ1v) is 11.0. The number of carbonyl (C=O) groups excluding carboxylic acids is 2. The highest BCUT2D eigenvalue weighted by Gasteiger charge is 2.48. The second-order valence-corrected chi connectivity index (χ2v) is 9.61. The number of piperidine rings is 1. The number of carbonyl (C=O) groups is 2. The zero-order valence-corrected chi connectivity index (χ0v) is 18.0. The number of anilines is 1. The Morgan fingerprint density at radius 2 is 1.84 bits per heavy atom. The summed E-state index contributed by atoms with van der Waals surface area (Å²) >= 11 is 0. The van der Waals surface area contributed by atoms with E-state index in [-0.39, 0.29) is 29.7 Å². The summed E-state index contributed by atoms with van der Waals surface area (Å²) in [6.07, 6.45) is -1.27. The molecule has 2 aliphatic heterocycles. The Morgan fingerprint density at radius 1 is 1.19 bits per heavy atom. The standard InChI is InChI=1S/C23H27F3N4O2/c1-22(6-7-22)21(32)29-8-4-14(5-9-29)17-12-30(13-18(17)20(28)31)16-3-2-15(11-27)19(10-16)23(24,25)26/h2-3,10,14,17-18H,4-9,12-13H2,1H3,(H2,28,31)/t17-,18+/m0/s1. The molecular weight excluding hydrogens is 421 g/mol. The minimum absolute atomic E-state index is 0.0776. The zero-order chi connectivity index (χ0) is 23.3. The molecule has 9 heteroatoms. The van der Waals surface area contributed by atoms with E-state index in [4.69, 9.17) is 11.0 Å². The van der Waals surface area contributed by atoms with Crippen molar-refractivity contribution in [3.05, 3.63) is 29.3 Å². The molecule has 0 radical (unpaired) electrons. The number of alkyl halides is 3. The predicted molar refractivity (Wildman–Crippen MR) is 111 cm³/mol. The summed E-state index contributed by atoms with van der Waals surface area (Å²) in [5.74, 6) is -0.618. The SMILES string of the molecule is CC1(C(=O)N2CCC([C@@H]3CN(c4ccc(C#N)c(C(F)(F)F)c4)C[C@H]3C(N)=O)CC2)CC1. The number of nitriles is 1. The molecule has 2 heterocycles. The van der Waals surface area contributed by atoms with Gasteiger partial charge in [0.2, 0.25) is 11.8 Å². The molecule has 1 aliphatic carbocycles. The Hall–Kier alpha value is -2.76. The second kappa shape index (κ2) is 7.98. The highest BCUT2D eigenvalue weighted by molar-refractivity contribution is 5.85. The number of likely N-dealkylation sites (tertiary alicyclic amines) is 1. The highest BCUT2D eigenvalue weighted by Crippen LogP contribution is 2.47. The normalized spacial score (nSPS) is 25.5. The summed E-state index contributed by atoms with van der Waals surface area (Å²) in [7, 11) is 0. The monoisotopic (exact) mass is 448 g/mol. The lowest BCUT2D eigenvalue weighted by atomic mass is 9.78. The molecule has 2 amide bonds. The van der Waals surface area contributed by atoms with Crippen molar-refractivity contribution >= 4 is 17.5 Å². The molecule has 0 bridgehead atoms. The number of nitrogens with two attached hydrogens (primary N) is 1. The maximum absolute atomic E-state index is 13.4. The maximum atomic E-state index is 13.4. The van der Waals surface area contributed by atoms with Crippen LogP contribution in [0.5, 0.6) is 0 Å². The van der Waals surface area contributed by atoms with E-state index in [1.54, 1.807) is 11.0 Å². The van der Waals surface area contributed by atoms with Gasteiger partial charge in [0.25, 0.3) is 0 Å². The molecule has 1 saturated carbocycles. The van der Waals surface area contributed by atoms with Gasteiger partial charge in [0.1, 0.15) is 0 Å². The summed E-state index contributed by atoms with van der Waals surface area (Å²) in [5.41, 5.74) is 4.39. The third-order valence-corrected chi connectivity index (χ3v) is 7.47. The number of nitrogens with zero attached hydrogens (tertiary/aromatic N) is 3. The molecule has 2 atom stereocenters. The van der Waals surface area contributed by atoms with Gasteiger partial charge in [0.05, 0.1) is 23.1 Å². The first-order chi connectivity index (χ1) is 15.0. The van der Waals surface area contributed by atoms with Crippen LogP contribution < -0.4 is 10.6 Å². The average molecular weight is 448 g/mol. The third kappa shape index (κ3) is 4.15. The van der Waals surface area contributed by atoms with Gasteiger partial charge in [-0.3, -0.25) is 9.59 Å². The van der Waals surface area contributed by atoms with Crippen LogP contribution >= 0.6 is 0 Å². The number of halogens is 3. The minimum atomic E-state index is -4.64. The molecule has 172 valence electrons. The average Bonchev–Trinajstić information content (AvgIpc) is 3.35. The number of rotatable bonds is 4. The predicted octanol–water partition coefficient (Wildman–Crippen LogP) is 3.15. The molecule has 1 aromatic carbocycles. The molecule has 0 spiro atoms. The van der Waals surface area contributed by atoms with Gasteiger partial charge in [0.15, 0.2) is 0 Å². The smallest absolute Gasteiger partial charge is 0.370 e. The molecule has 0 aromatic heterocycles. The van der Waals surface area contributed by atoms with Crippen molar-refractivity contribution in [2.45, 2.75) is 38.8 Å². The number of primary amides is 1. The van der Waals surface area contributed by atoms with Gasteiger partial charge in [-0.25, -0.2) is 0 Å². The van der Waals surface area contributed by atoms with Crippen molar-refractivity contribution in [3.63, 3.8) is 0 Å². The summed E-state index contributed by atoms with van der Waals surface area (Å²) in [6.45, 7) is 3.94. The molecule has 2 N–H and O–H groups in total. The number of amides is 2. The van der Waals surface area contributed by atoms with Crippen molar-refractivity contribution in [2.24, 2.45) is 28.9 Å². The maximum Gasteiger partial charge on any atom is 0.417 e. The lowest BCUT2D eigenvalue weighted by Crippen LogP contribution is -2.44. The van der Waals surface area contributed by atoms with Crippen molar-refractivity contribution in [1.29, 1.82) is 5.26 Å². The van der Waals surface area contributed by atoms with Crippen LogP contribution in [0.25, 0.3) is 0 Å². The van der Waals surface area contributed by atoms with E-state index < -0.39 is 29.1 Å². The van der Waals surface area contributed by atoms with Gasteiger partial charge < -0.3 is 15.5 Å². The van der Waals surface area contributed by atoms with Crippen LogP contribution in [0.15, 0.2) is 18.2 Å². The van der Waals surface area contributed by atoms with Gasteiger partial charge in [-0.05, 0) is 55.7 Å². The van der Waals surface area contributed by atoms with E-state index in [1.807, 2.05) is 11.8 Å². The van der Waals surface area contributed by atoms with Crippen LogP contribution in [0.3, 0.4) is 0 Å². The van der Waals surface area contributed by atoms with Crippen molar-refractivity contribution in [3.8, 4) is 6.07 Å². The number of hydrogen-bond acceptors (Lipinski definition) is 4. The molecule has 3 aliphatic rings. The van der Waals surface area contributed by atoms with Gasteiger partial charge in [-0.1, -0.05) is 6.92 Å². The van der Waals surface area contributed by atoms with Crippen LogP contribution in [-0.2, 0) is 15.8 Å². The number of hydrogen-bond donors (Lipinski definition) is 1. The molecule has 3 fully saturated rings. The molecule has 1 aromatic rings. The fraction of sp³-hybridized carbons (Fsp3) is 0.609. The Balaban J connectivity index is 1.49. The van der Waals surface area contributed by atoms with Crippen molar-refractivity contribution in [2.75, 3.05) is 31.1 Å². The molecule has 4 rings (SSSR count). The van der Waals surface area contributed by atoms with E-state index >= 15 is 0 Å². The first kappa shape index (κ1) is 22.4. The van der Waals surface area contributed by atoms with Crippen LogP contribution in [-0.4, -0.2) is 42.9 Å². The second-order valence-electron chi connectivity index (χ2n) is 9.61. The summed E-state index contributed by atoms with van der Waals surface area (Å²) in [5, 5.41) is 9.03. The van der Waals surface area contributed by atoms with Gasteiger partial charge in [0, 0.05) is 37.3 Å². The van der Waals surface area contributed by atoms with Crippen LogP contribution in [0.2, 0.25) is 0 Å². The summed E-state index contributed by atoms with van der Waals surface area (Å²) in [4.78, 5) is 28.5. The minimum Gasteiger partial charge on any atom is -0.370 e. The quantitative estimate of drug-likeness (QED) is 0.766. The van der Waals surface area contributed by atoms with E-state index in [0.29, 0.717) is 25.3 Å². The largest absolute Gasteiger partial charge is 0.417 e. The Morgan fingerprint density at radius 3 is 2.38 bits per heavy atom. The first-order valence-electron chi connectivity index (χ1n) is 11.0. The number of benzene rings is 1. The lowest BCUT2D eigenvalue weighted by molar-refractivity contribution is -0.138. The van der Waals surface area contributed by atoms with Crippen molar-refractivity contribution in [1.82, 2.24) is 4.90 Å². The van der Waals surface area contributed by atoms with E-state index in [9.17, 15) is 22.8 Å². The zero-order valence-electron chi connectivity index (χ0n) is 18.0. The highest BCUT2D eigenvalue weighted by atomic mass is 19.4. The van der Waals surface area contributed by atoms with E-state index in [2.05, 4.69) is 0 Å². The molecular formula is C23H27F3N4O2. The van der Waals surface area contributed by atoms with Crippen LogP contribution in [0.4, 0.5) is 18.9 Å². The van der Waals surface area contributed by atoms with Crippen molar-refractivity contribution < 1.29 is 22.8 Å². The van der Waals surface area contributed by atoms with Crippen LogP contribution in [0, 0.1) is 34.5 Å². The Labute approximate surface area is 185 Å². The van der Waals surface area contributed by atoms with Gasteiger partial charge >= 0.3 is 6.18 Å². The third-order valence-electron chi connectivity index (χ3n) is 7.47. The molecule has 2 saturated heterocycles. The Bertz CT molecular complexity index is 959. The van der Waals surface area contributed by atoms with Gasteiger partial charge in [-0.15, -0.1) is 0 Å². The lowest BCUT2D eigenvalue weighted by Gasteiger charge is -2.37. The topological polar surface area (TPSA) is 90.4 Å². The van der Waals surface area contributed by atoms with Gasteiger partial charge in [-0.2, -0.15) is 18.4 Å². The fourth-order valence-electron chi connectivity index (χ4n) is 5.19. The summed E-state index contributed by atoms with van der Waals surface area (Å²) in [6, 6.07) is 5.24. The molecule has 0 unspecified atom stereocenters. The van der Waals surface area contributed by atoms with E-state index in [0.717, 1.165) is 31.7 Å². The van der Waals surface area contributed by atoms with E-state index in [1.165, 1.54) is 12.1 Å². The fourth-order valence-corrected chi connectivity index (χ4v) is 5.19. The molecule has 6 nitrogen and oxygen atoms in total. The molecule has 32 heavy (non-hydrogen) atoms.